The number of nitrogens with zero attached hydrogens (tertiary/aromatic N) is 2. The van der Waals surface area contributed by atoms with Gasteiger partial charge in [0, 0.05) is 12.1 Å². The van der Waals surface area contributed by atoms with Crippen molar-refractivity contribution in [3.05, 3.63) is 41.8 Å². The lowest BCUT2D eigenvalue weighted by Gasteiger charge is -2.43. The van der Waals surface area contributed by atoms with Crippen molar-refractivity contribution in [3.63, 3.8) is 0 Å². The molecule has 126 valence electrons. The molecule has 1 amide bonds. The molecule has 0 unspecified atom stereocenters. The van der Waals surface area contributed by atoms with Gasteiger partial charge in [-0.25, -0.2) is 4.98 Å². The summed E-state index contributed by atoms with van der Waals surface area (Å²) in [7, 11) is 0. The first-order valence-electron chi connectivity index (χ1n) is 8.69. The smallest absolute Gasteiger partial charge is 0.276 e. The van der Waals surface area contributed by atoms with Gasteiger partial charge in [0.1, 0.15) is 5.76 Å². The minimum atomic E-state index is -0.0290. The van der Waals surface area contributed by atoms with Gasteiger partial charge >= 0.3 is 0 Å². The maximum atomic E-state index is 13.1. The fourth-order valence-electron chi connectivity index (χ4n) is 3.78. The van der Waals surface area contributed by atoms with Crippen LogP contribution in [0.25, 0.3) is 11.5 Å². The molecule has 2 aromatic rings. The molecule has 2 heterocycles. The number of fused-ring (bicyclic) bond motifs is 1. The summed E-state index contributed by atoms with van der Waals surface area (Å²) in [5, 5.41) is 0. The Morgan fingerprint density at radius 2 is 2.00 bits per heavy atom. The van der Waals surface area contributed by atoms with Gasteiger partial charge in [-0.2, -0.15) is 0 Å². The van der Waals surface area contributed by atoms with Crippen LogP contribution in [0.3, 0.4) is 0 Å². The van der Waals surface area contributed by atoms with E-state index in [1.807, 2.05) is 42.2 Å². The Kier molecular flexibility index (Phi) is 4.10. The van der Waals surface area contributed by atoms with E-state index >= 15 is 0 Å². The van der Waals surface area contributed by atoms with E-state index in [1.54, 1.807) is 0 Å². The Hall–Kier alpha value is -2.14. The van der Waals surface area contributed by atoms with Crippen LogP contribution < -0.4 is 0 Å². The number of carbonyl (C=O) groups excluding carboxylic acids is 1. The third-order valence-corrected chi connectivity index (χ3v) is 5.01. The van der Waals surface area contributed by atoms with Gasteiger partial charge in [0.05, 0.1) is 18.8 Å². The highest BCUT2D eigenvalue weighted by Crippen LogP contribution is 2.30. The highest BCUT2D eigenvalue weighted by molar-refractivity contribution is 5.94. The largest absolute Gasteiger partial charge is 0.441 e. The molecule has 5 nitrogen and oxygen atoms in total. The normalized spacial score (nSPS) is 23.8. The Labute approximate surface area is 141 Å². The lowest BCUT2D eigenvalue weighted by Crippen LogP contribution is -2.55. The SMILES string of the molecule is Cc1oc(-c2ccccc2)nc1C(=O)N1CCO[C@@H]2CCCC[C@@H]21. The van der Waals surface area contributed by atoms with Crippen LogP contribution in [0.1, 0.15) is 41.9 Å². The van der Waals surface area contributed by atoms with Crippen molar-refractivity contribution in [1.82, 2.24) is 9.88 Å². The van der Waals surface area contributed by atoms with Gasteiger partial charge in [-0.15, -0.1) is 0 Å². The quantitative estimate of drug-likeness (QED) is 0.848. The van der Waals surface area contributed by atoms with Crippen molar-refractivity contribution >= 4 is 5.91 Å². The molecule has 0 radical (unpaired) electrons. The molecule has 1 saturated heterocycles. The Morgan fingerprint density at radius 1 is 1.21 bits per heavy atom. The van der Waals surface area contributed by atoms with Crippen LogP contribution in [0.5, 0.6) is 0 Å². The van der Waals surface area contributed by atoms with Gasteiger partial charge in [-0.3, -0.25) is 4.79 Å². The molecule has 0 bridgehead atoms. The van der Waals surface area contributed by atoms with E-state index in [0.717, 1.165) is 24.8 Å². The number of aryl methyl sites for hydroxylation is 1. The minimum Gasteiger partial charge on any atom is -0.441 e. The second-order valence-corrected chi connectivity index (χ2v) is 6.55. The molecule has 1 aromatic heterocycles. The van der Waals surface area contributed by atoms with Gasteiger partial charge in [0.2, 0.25) is 5.89 Å². The van der Waals surface area contributed by atoms with Crippen LogP contribution in [0.4, 0.5) is 0 Å². The number of hydrogen-bond donors (Lipinski definition) is 0. The van der Waals surface area contributed by atoms with Crippen LogP contribution in [-0.4, -0.2) is 41.1 Å². The Balaban J connectivity index is 1.61. The molecule has 24 heavy (non-hydrogen) atoms. The fraction of sp³-hybridized carbons (Fsp3) is 0.474. The van der Waals surface area contributed by atoms with Crippen molar-refractivity contribution in [2.24, 2.45) is 0 Å². The van der Waals surface area contributed by atoms with E-state index in [-0.39, 0.29) is 18.1 Å². The highest BCUT2D eigenvalue weighted by Gasteiger charge is 2.38. The number of rotatable bonds is 2. The zero-order valence-corrected chi connectivity index (χ0v) is 13.9. The molecule has 2 fully saturated rings. The molecule has 0 N–H and O–H groups in total. The molecule has 1 saturated carbocycles. The number of aromatic nitrogens is 1. The molecular weight excluding hydrogens is 304 g/mol. The topological polar surface area (TPSA) is 55.6 Å². The summed E-state index contributed by atoms with van der Waals surface area (Å²) in [4.78, 5) is 19.5. The Bertz CT molecular complexity index is 723. The van der Waals surface area contributed by atoms with Gasteiger partial charge in [-0.05, 0) is 31.9 Å². The first-order chi connectivity index (χ1) is 11.7. The monoisotopic (exact) mass is 326 g/mol. The number of hydrogen-bond acceptors (Lipinski definition) is 4. The zero-order valence-electron chi connectivity index (χ0n) is 13.9. The van der Waals surface area contributed by atoms with Gasteiger partial charge in [0.15, 0.2) is 5.69 Å². The van der Waals surface area contributed by atoms with Crippen molar-refractivity contribution in [1.29, 1.82) is 0 Å². The molecule has 1 aliphatic carbocycles. The van der Waals surface area contributed by atoms with Crippen LogP contribution in [-0.2, 0) is 4.74 Å². The van der Waals surface area contributed by atoms with Gasteiger partial charge in [0.25, 0.3) is 5.91 Å². The van der Waals surface area contributed by atoms with Crippen LogP contribution >= 0.6 is 0 Å². The van der Waals surface area contributed by atoms with E-state index in [0.29, 0.717) is 30.5 Å². The molecule has 0 spiro atoms. The van der Waals surface area contributed by atoms with Crippen LogP contribution in [0.15, 0.2) is 34.7 Å². The molecule has 1 aromatic carbocycles. The van der Waals surface area contributed by atoms with E-state index in [1.165, 1.54) is 6.42 Å². The molecule has 4 rings (SSSR count). The lowest BCUT2D eigenvalue weighted by atomic mass is 9.90. The fourth-order valence-corrected chi connectivity index (χ4v) is 3.78. The number of oxazole rings is 1. The number of amides is 1. The van der Waals surface area contributed by atoms with Crippen molar-refractivity contribution < 1.29 is 13.9 Å². The van der Waals surface area contributed by atoms with Crippen molar-refractivity contribution in [2.45, 2.75) is 44.8 Å². The second-order valence-electron chi connectivity index (χ2n) is 6.55. The highest BCUT2D eigenvalue weighted by atomic mass is 16.5. The van der Waals surface area contributed by atoms with E-state index in [4.69, 9.17) is 9.15 Å². The van der Waals surface area contributed by atoms with Crippen LogP contribution in [0.2, 0.25) is 0 Å². The average molecular weight is 326 g/mol. The lowest BCUT2D eigenvalue weighted by molar-refractivity contribution is -0.0754. The maximum Gasteiger partial charge on any atom is 0.276 e. The van der Waals surface area contributed by atoms with Crippen LogP contribution in [0, 0.1) is 6.92 Å². The van der Waals surface area contributed by atoms with E-state index < -0.39 is 0 Å². The van der Waals surface area contributed by atoms with Gasteiger partial charge in [-0.1, -0.05) is 31.0 Å². The maximum absolute atomic E-state index is 13.1. The Morgan fingerprint density at radius 3 is 2.83 bits per heavy atom. The minimum absolute atomic E-state index is 0.0290. The summed E-state index contributed by atoms with van der Waals surface area (Å²) >= 11 is 0. The van der Waals surface area contributed by atoms with Crippen molar-refractivity contribution in [2.75, 3.05) is 13.2 Å². The number of morpholine rings is 1. The third kappa shape index (κ3) is 2.73. The summed E-state index contributed by atoms with van der Waals surface area (Å²) < 4.78 is 11.6. The summed E-state index contributed by atoms with van der Waals surface area (Å²) in [6, 6.07) is 9.87. The molecule has 2 atom stereocenters. The standard InChI is InChI=1S/C19H22N2O3/c1-13-17(20-18(24-13)14-7-3-2-4-8-14)19(22)21-11-12-23-16-10-6-5-9-15(16)21/h2-4,7-8,15-16H,5-6,9-12H2,1H3/t15-,16+/m0/s1. The number of carbonyl (C=O) groups is 1. The number of ether oxygens (including phenoxy) is 1. The summed E-state index contributed by atoms with van der Waals surface area (Å²) in [5.74, 6) is 1.06. The molecule has 5 heteroatoms. The first-order valence-corrected chi connectivity index (χ1v) is 8.69. The third-order valence-electron chi connectivity index (χ3n) is 5.01. The molecule has 2 aliphatic rings. The summed E-state index contributed by atoms with van der Waals surface area (Å²) in [6.45, 7) is 3.05. The van der Waals surface area contributed by atoms with Crippen molar-refractivity contribution in [3.8, 4) is 11.5 Å². The predicted octanol–water partition coefficient (Wildman–Crippen LogP) is 3.43. The molecular formula is C19H22N2O3. The second kappa shape index (κ2) is 6.40. The first kappa shape index (κ1) is 15.4. The van der Waals surface area contributed by atoms with E-state index in [9.17, 15) is 4.79 Å². The van der Waals surface area contributed by atoms with Gasteiger partial charge < -0.3 is 14.1 Å². The summed E-state index contributed by atoms with van der Waals surface area (Å²) in [6.07, 6.45) is 4.57. The van der Waals surface area contributed by atoms with E-state index in [2.05, 4.69) is 4.98 Å². The predicted molar refractivity (Wildman–Crippen MR) is 89.7 cm³/mol. The zero-order chi connectivity index (χ0) is 16.5. The average Bonchev–Trinajstić information content (AvgIpc) is 3.03. The number of benzene rings is 1. The molecule has 1 aliphatic heterocycles. The summed E-state index contributed by atoms with van der Waals surface area (Å²) in [5.41, 5.74) is 1.32.